The molecule has 2 aromatic carbocycles. The van der Waals surface area contributed by atoms with Crippen molar-refractivity contribution in [1.82, 2.24) is 14.5 Å². The fourth-order valence-corrected chi connectivity index (χ4v) is 5.04. The van der Waals surface area contributed by atoms with Crippen LogP contribution >= 0.6 is 0 Å². The molecule has 182 valence electrons. The summed E-state index contributed by atoms with van der Waals surface area (Å²) in [6.45, 7) is 4.97. The number of halogens is 1. The average molecular weight is 478 g/mol. The number of fused-ring (bicyclic) bond motifs is 1. The van der Waals surface area contributed by atoms with Crippen molar-refractivity contribution in [2.24, 2.45) is 5.41 Å². The molecule has 1 saturated heterocycles. The van der Waals surface area contributed by atoms with Gasteiger partial charge in [0.15, 0.2) is 17.3 Å². The molecule has 2 fully saturated rings. The number of hydrogen-bond donors (Lipinski definition) is 2. The molecule has 0 bridgehead atoms. The zero-order chi connectivity index (χ0) is 24.7. The fraction of sp³-hybridized carbons (Fsp3) is 0.423. The number of carbonyl (C=O) groups is 1. The zero-order valence-electron chi connectivity index (χ0n) is 19.6. The molecule has 1 aromatic heterocycles. The number of aldehydes is 1. The first-order chi connectivity index (χ1) is 16.9. The summed E-state index contributed by atoms with van der Waals surface area (Å²) in [5.74, 6) is -0.126. The number of phenolic OH excluding ortho intramolecular Hbond substituents is 2. The minimum absolute atomic E-state index is 0.120. The van der Waals surface area contributed by atoms with E-state index in [4.69, 9.17) is 0 Å². The largest absolute Gasteiger partial charge is 0.504 e. The number of imidazole rings is 1. The van der Waals surface area contributed by atoms with Crippen molar-refractivity contribution in [2.45, 2.75) is 45.3 Å². The molecule has 35 heavy (non-hydrogen) atoms. The standard InChI is InChI=1S/C26H28FN5O3/c1-2-18-12-31(20-4-3-5-22(34)25(20)35)9-8-30(18)13-23-29-24-19(27)10-17(14-33)11-21(24)32(23)16-26(15-28)6-7-26/h3-5,10-11,14,18,34-35H,2,6-9,12-13,16H2,1H3. The molecular formula is C26H28FN5O3. The first kappa shape index (κ1) is 23.1. The monoisotopic (exact) mass is 477 g/mol. The quantitative estimate of drug-likeness (QED) is 0.394. The third-order valence-corrected chi connectivity index (χ3v) is 7.35. The second kappa shape index (κ2) is 8.86. The van der Waals surface area contributed by atoms with Crippen LogP contribution < -0.4 is 4.90 Å². The van der Waals surface area contributed by atoms with Crippen LogP contribution in [0, 0.1) is 22.6 Å². The lowest BCUT2D eigenvalue weighted by Gasteiger charge is -2.42. The fourth-order valence-electron chi connectivity index (χ4n) is 5.04. The van der Waals surface area contributed by atoms with Gasteiger partial charge in [0.2, 0.25) is 0 Å². The highest BCUT2D eigenvalue weighted by Crippen LogP contribution is 2.47. The van der Waals surface area contributed by atoms with Crippen LogP contribution in [0.4, 0.5) is 10.1 Å². The van der Waals surface area contributed by atoms with Crippen LogP contribution in [0.15, 0.2) is 30.3 Å². The summed E-state index contributed by atoms with van der Waals surface area (Å²) >= 11 is 0. The molecule has 1 unspecified atom stereocenters. The maximum Gasteiger partial charge on any atom is 0.181 e. The van der Waals surface area contributed by atoms with Gasteiger partial charge in [0.25, 0.3) is 0 Å². The van der Waals surface area contributed by atoms with Gasteiger partial charge in [0.05, 0.1) is 29.2 Å². The van der Waals surface area contributed by atoms with Crippen LogP contribution in [0.25, 0.3) is 11.0 Å². The number of benzene rings is 2. The first-order valence-corrected chi connectivity index (χ1v) is 11.9. The highest BCUT2D eigenvalue weighted by atomic mass is 19.1. The summed E-state index contributed by atoms with van der Waals surface area (Å²) in [5.41, 5.74) is 1.14. The van der Waals surface area contributed by atoms with E-state index in [0.717, 1.165) is 19.3 Å². The number of aromatic nitrogens is 2. The summed E-state index contributed by atoms with van der Waals surface area (Å²) in [5, 5.41) is 29.9. The highest BCUT2D eigenvalue weighted by Gasteiger charge is 2.44. The molecule has 0 radical (unpaired) electrons. The molecule has 0 amide bonds. The summed E-state index contributed by atoms with van der Waals surface area (Å²) in [7, 11) is 0. The van der Waals surface area contributed by atoms with Gasteiger partial charge in [-0.1, -0.05) is 13.0 Å². The zero-order valence-corrected chi connectivity index (χ0v) is 19.6. The molecule has 2 N–H and O–H groups in total. The molecule has 2 aliphatic rings. The van der Waals surface area contributed by atoms with Crippen molar-refractivity contribution in [3.8, 4) is 17.6 Å². The summed E-state index contributed by atoms with van der Waals surface area (Å²) in [6, 6.07) is 10.4. The van der Waals surface area contributed by atoms with Gasteiger partial charge >= 0.3 is 0 Å². The molecule has 9 heteroatoms. The number of nitrogens with zero attached hydrogens (tertiary/aromatic N) is 5. The molecule has 1 saturated carbocycles. The van der Waals surface area contributed by atoms with E-state index >= 15 is 0 Å². The van der Waals surface area contributed by atoms with Gasteiger partial charge in [-0.2, -0.15) is 5.26 Å². The topological polar surface area (TPSA) is 106 Å². The lowest BCUT2D eigenvalue weighted by atomic mass is 10.1. The molecule has 1 aliphatic carbocycles. The molecule has 1 aliphatic heterocycles. The Bertz CT molecular complexity index is 1330. The van der Waals surface area contributed by atoms with Crippen LogP contribution in [-0.4, -0.2) is 56.6 Å². The van der Waals surface area contributed by atoms with Gasteiger partial charge in [-0.05, 0) is 43.5 Å². The lowest BCUT2D eigenvalue weighted by Crippen LogP contribution is -2.52. The molecule has 2 heterocycles. The minimum Gasteiger partial charge on any atom is -0.504 e. The maximum atomic E-state index is 14.8. The van der Waals surface area contributed by atoms with Crippen LogP contribution in [0.1, 0.15) is 42.4 Å². The van der Waals surface area contributed by atoms with Crippen molar-refractivity contribution >= 4 is 23.0 Å². The summed E-state index contributed by atoms with van der Waals surface area (Å²) in [6.07, 6.45) is 3.06. The van der Waals surface area contributed by atoms with E-state index in [1.54, 1.807) is 18.2 Å². The number of piperazine rings is 1. The van der Waals surface area contributed by atoms with Crippen molar-refractivity contribution < 1.29 is 19.4 Å². The van der Waals surface area contributed by atoms with E-state index in [2.05, 4.69) is 27.8 Å². The van der Waals surface area contributed by atoms with Gasteiger partial charge in [0, 0.05) is 37.8 Å². The predicted molar refractivity (Wildman–Crippen MR) is 129 cm³/mol. The molecular weight excluding hydrogens is 449 g/mol. The Morgan fingerprint density at radius 1 is 1.29 bits per heavy atom. The number of nitriles is 1. The smallest absolute Gasteiger partial charge is 0.181 e. The number of carbonyl (C=O) groups excluding carboxylic acids is 1. The number of phenols is 2. The maximum absolute atomic E-state index is 14.8. The van der Waals surface area contributed by atoms with Crippen molar-refractivity contribution in [3.05, 3.63) is 47.5 Å². The second-order valence-electron chi connectivity index (χ2n) is 9.62. The van der Waals surface area contributed by atoms with Gasteiger partial charge in [-0.15, -0.1) is 0 Å². The highest BCUT2D eigenvalue weighted by molar-refractivity contribution is 5.86. The van der Waals surface area contributed by atoms with Crippen LogP contribution in [0.5, 0.6) is 11.5 Å². The Morgan fingerprint density at radius 2 is 2.09 bits per heavy atom. The third kappa shape index (κ3) is 4.19. The van der Waals surface area contributed by atoms with E-state index in [1.807, 2.05) is 4.57 Å². The van der Waals surface area contributed by atoms with Crippen molar-refractivity contribution in [3.63, 3.8) is 0 Å². The molecule has 1 atom stereocenters. The SMILES string of the molecule is CCC1CN(c2cccc(O)c2O)CCN1Cc1nc2c(F)cc(C=O)cc2n1CC1(C#N)CC1. The van der Waals surface area contributed by atoms with E-state index in [0.29, 0.717) is 56.0 Å². The Hall–Kier alpha value is -3.64. The van der Waals surface area contributed by atoms with E-state index in [9.17, 15) is 24.7 Å². The van der Waals surface area contributed by atoms with Gasteiger partial charge in [-0.25, -0.2) is 9.37 Å². The minimum atomic E-state index is -0.539. The number of rotatable bonds is 7. The van der Waals surface area contributed by atoms with E-state index in [-0.39, 0.29) is 28.6 Å². The molecule has 5 rings (SSSR count). The number of hydrogen-bond acceptors (Lipinski definition) is 7. The van der Waals surface area contributed by atoms with Gasteiger partial charge in [-0.3, -0.25) is 9.69 Å². The van der Waals surface area contributed by atoms with E-state index in [1.165, 1.54) is 12.1 Å². The molecule has 8 nitrogen and oxygen atoms in total. The van der Waals surface area contributed by atoms with E-state index < -0.39 is 11.2 Å². The van der Waals surface area contributed by atoms with Crippen molar-refractivity contribution in [2.75, 3.05) is 24.5 Å². The normalized spacial score (nSPS) is 19.6. The number of anilines is 1. The molecule has 0 spiro atoms. The van der Waals surface area contributed by atoms with Gasteiger partial charge in [0.1, 0.15) is 17.6 Å². The Morgan fingerprint density at radius 3 is 2.77 bits per heavy atom. The second-order valence-corrected chi connectivity index (χ2v) is 9.62. The number of para-hydroxylation sites is 1. The summed E-state index contributed by atoms with van der Waals surface area (Å²) in [4.78, 5) is 20.4. The Balaban J connectivity index is 1.46. The van der Waals surface area contributed by atoms with Crippen LogP contribution in [0.2, 0.25) is 0 Å². The molecule has 3 aromatic rings. The van der Waals surface area contributed by atoms with Gasteiger partial charge < -0.3 is 19.7 Å². The summed E-state index contributed by atoms with van der Waals surface area (Å²) < 4.78 is 16.7. The van der Waals surface area contributed by atoms with Crippen LogP contribution in [-0.2, 0) is 13.1 Å². The average Bonchev–Trinajstić information content (AvgIpc) is 3.57. The van der Waals surface area contributed by atoms with Crippen LogP contribution in [0.3, 0.4) is 0 Å². The first-order valence-electron chi connectivity index (χ1n) is 11.9. The Kier molecular flexibility index (Phi) is 5.85. The van der Waals surface area contributed by atoms with Crippen molar-refractivity contribution in [1.29, 1.82) is 5.26 Å². The third-order valence-electron chi connectivity index (χ3n) is 7.35. The lowest BCUT2D eigenvalue weighted by molar-refractivity contribution is 0.112. The Labute approximate surface area is 202 Å². The number of aromatic hydroxyl groups is 2. The predicted octanol–water partition coefficient (Wildman–Crippen LogP) is 3.80.